The normalized spacial score (nSPS) is 23.6. The lowest BCUT2D eigenvalue weighted by molar-refractivity contribution is -0.165. The van der Waals surface area contributed by atoms with Gasteiger partial charge in [0.25, 0.3) is 5.91 Å². The molecule has 1 N–H and O–H groups in total. The van der Waals surface area contributed by atoms with Gasteiger partial charge in [-0.2, -0.15) is 0 Å². The number of thioether (sulfide) groups is 1. The Labute approximate surface area is 204 Å². The molecule has 0 aromatic heterocycles. The minimum Gasteiger partial charge on any atom is -0.473 e. The molecule has 2 amide bonds. The molecule has 3 rings (SSSR count). The monoisotopic (exact) mass is 491 g/mol. The van der Waals surface area contributed by atoms with Crippen LogP contribution < -0.4 is 10.1 Å². The Balaban J connectivity index is 1.63. The van der Waals surface area contributed by atoms with Crippen LogP contribution in [0.1, 0.15) is 34.6 Å². The first-order valence-electron chi connectivity index (χ1n) is 11.5. The first-order chi connectivity index (χ1) is 16.1. The van der Waals surface area contributed by atoms with Crippen LogP contribution in [0.25, 0.3) is 0 Å². The molecule has 2 saturated heterocycles. The number of amides is 2. The number of carbonyl (C=O) groups is 4. The number of nitrogens with zero attached hydrogens (tertiary/aromatic N) is 2. The number of benzene rings is 1. The van der Waals surface area contributed by atoms with Crippen molar-refractivity contribution in [2.45, 2.75) is 62.9 Å². The zero-order valence-corrected chi connectivity index (χ0v) is 21.1. The third-order valence-corrected chi connectivity index (χ3v) is 7.68. The fourth-order valence-electron chi connectivity index (χ4n) is 4.21. The van der Waals surface area contributed by atoms with Crippen LogP contribution in [0.3, 0.4) is 0 Å². The summed E-state index contributed by atoms with van der Waals surface area (Å²) in [6.07, 6.45) is -1.37. The van der Waals surface area contributed by atoms with Gasteiger partial charge in [-0.3, -0.25) is 14.4 Å². The van der Waals surface area contributed by atoms with Crippen LogP contribution in [0, 0.1) is 0 Å². The number of likely N-dealkylation sites (N-methyl/N-ethyl adjacent to an activating group) is 1. The molecule has 9 nitrogen and oxygen atoms in total. The first kappa shape index (κ1) is 26.0. The van der Waals surface area contributed by atoms with E-state index in [0.29, 0.717) is 12.3 Å². The van der Waals surface area contributed by atoms with E-state index in [4.69, 9.17) is 9.47 Å². The number of hydrogen-bond donors (Lipinski definition) is 1. The smallest absolute Gasteiger partial charge is 0.330 e. The zero-order valence-electron chi connectivity index (χ0n) is 20.3. The van der Waals surface area contributed by atoms with E-state index in [2.05, 4.69) is 10.2 Å². The Hall–Kier alpha value is -2.59. The first-order valence-corrected chi connectivity index (χ1v) is 12.4. The van der Waals surface area contributed by atoms with Gasteiger partial charge in [0, 0.05) is 11.3 Å². The van der Waals surface area contributed by atoms with Crippen molar-refractivity contribution >= 4 is 35.3 Å². The fourth-order valence-corrected chi connectivity index (χ4v) is 5.83. The van der Waals surface area contributed by atoms with Gasteiger partial charge in [0.15, 0.2) is 5.78 Å². The number of para-hydroxylation sites is 1. The van der Waals surface area contributed by atoms with E-state index >= 15 is 0 Å². The Morgan fingerprint density at radius 1 is 1.18 bits per heavy atom. The number of hydrogen-bond acceptors (Lipinski definition) is 8. The fraction of sp³-hybridized carbons (Fsp3) is 0.583. The lowest BCUT2D eigenvalue weighted by Crippen LogP contribution is -2.71. The summed E-state index contributed by atoms with van der Waals surface area (Å²) >= 11 is 1.43. The summed E-state index contributed by atoms with van der Waals surface area (Å²) in [4.78, 5) is 54.4. The third-order valence-electron chi connectivity index (χ3n) is 6.11. The van der Waals surface area contributed by atoms with Crippen LogP contribution in [0.15, 0.2) is 30.3 Å². The van der Waals surface area contributed by atoms with E-state index < -0.39 is 46.0 Å². The van der Waals surface area contributed by atoms with Crippen molar-refractivity contribution < 1.29 is 28.7 Å². The summed E-state index contributed by atoms with van der Waals surface area (Å²) in [5, 5.41) is 2.23. The molecule has 2 aliphatic rings. The third kappa shape index (κ3) is 5.38. The Morgan fingerprint density at radius 2 is 1.82 bits per heavy atom. The topological polar surface area (TPSA) is 105 Å². The highest BCUT2D eigenvalue weighted by molar-refractivity contribution is 8.01. The number of ketones is 1. The van der Waals surface area contributed by atoms with Crippen molar-refractivity contribution in [2.75, 3.05) is 26.2 Å². The van der Waals surface area contributed by atoms with E-state index in [9.17, 15) is 19.2 Å². The molecule has 0 bridgehead atoms. The molecule has 0 spiro atoms. The number of rotatable bonds is 11. The highest BCUT2D eigenvalue weighted by atomic mass is 32.2. The van der Waals surface area contributed by atoms with E-state index in [0.717, 1.165) is 13.1 Å². The Kier molecular flexibility index (Phi) is 8.25. The molecule has 2 fully saturated rings. The number of esters is 1. The molecule has 34 heavy (non-hydrogen) atoms. The van der Waals surface area contributed by atoms with Gasteiger partial charge in [-0.05, 0) is 46.0 Å². The van der Waals surface area contributed by atoms with Gasteiger partial charge in [-0.1, -0.05) is 32.0 Å². The van der Waals surface area contributed by atoms with Crippen molar-refractivity contribution in [1.82, 2.24) is 15.1 Å². The molecule has 4 atom stereocenters. The zero-order chi connectivity index (χ0) is 25.0. The second-order valence-electron chi connectivity index (χ2n) is 8.86. The summed E-state index contributed by atoms with van der Waals surface area (Å²) in [6.45, 7) is 11.7. The number of ether oxygens (including phenoxy) is 2. The summed E-state index contributed by atoms with van der Waals surface area (Å²) < 4.78 is 10.5. The lowest BCUT2D eigenvalue weighted by atomic mass is 9.96. The largest absolute Gasteiger partial charge is 0.473 e. The number of β-lactam (4-membered cyclic amide) rings is 1. The second-order valence-corrected chi connectivity index (χ2v) is 10.6. The molecular formula is C24H33N3O6S. The average molecular weight is 492 g/mol. The summed E-state index contributed by atoms with van der Waals surface area (Å²) in [5.74, 6) is -1.59. The van der Waals surface area contributed by atoms with Crippen LogP contribution in [-0.2, 0) is 23.9 Å². The number of nitrogens with one attached hydrogen (secondary N) is 1. The van der Waals surface area contributed by atoms with Crippen molar-refractivity contribution in [3.8, 4) is 5.75 Å². The van der Waals surface area contributed by atoms with E-state index in [-0.39, 0.29) is 12.5 Å². The quantitative estimate of drug-likeness (QED) is 0.282. The van der Waals surface area contributed by atoms with Gasteiger partial charge in [-0.15, -0.1) is 11.8 Å². The molecule has 10 heteroatoms. The molecule has 2 aliphatic heterocycles. The van der Waals surface area contributed by atoms with Crippen LogP contribution in [-0.4, -0.2) is 87.9 Å². The van der Waals surface area contributed by atoms with Crippen molar-refractivity contribution in [2.24, 2.45) is 0 Å². The molecule has 186 valence electrons. The van der Waals surface area contributed by atoms with E-state index in [1.807, 2.05) is 27.7 Å². The Morgan fingerprint density at radius 3 is 2.41 bits per heavy atom. The van der Waals surface area contributed by atoms with Crippen LogP contribution >= 0.6 is 11.8 Å². The van der Waals surface area contributed by atoms with E-state index in [1.165, 1.54) is 23.6 Å². The lowest BCUT2D eigenvalue weighted by Gasteiger charge is -2.44. The predicted octanol–water partition coefficient (Wildman–Crippen LogP) is 1.46. The molecular weight excluding hydrogens is 458 g/mol. The highest BCUT2D eigenvalue weighted by Gasteiger charge is 2.64. The van der Waals surface area contributed by atoms with Gasteiger partial charge < -0.3 is 24.6 Å². The molecule has 2 heterocycles. The summed E-state index contributed by atoms with van der Waals surface area (Å²) in [5.41, 5.74) is 0. The molecule has 0 aliphatic carbocycles. The molecule has 0 saturated carbocycles. The van der Waals surface area contributed by atoms with Gasteiger partial charge in [0.05, 0.1) is 0 Å². The van der Waals surface area contributed by atoms with Crippen molar-refractivity contribution in [3.63, 3.8) is 0 Å². The maximum atomic E-state index is 13.0. The number of fused-ring (bicyclic) bond motifs is 1. The number of carbonyl (C=O) groups excluding carboxylic acids is 4. The second kappa shape index (κ2) is 10.8. The summed E-state index contributed by atoms with van der Waals surface area (Å²) in [6, 6.07) is 6.96. The van der Waals surface area contributed by atoms with Crippen LogP contribution in [0.2, 0.25) is 0 Å². The standard InChI is InChI=1S/C24H33N3O6S/c1-6-26(7-2)13-14-32-23(31)19-24(4,5)34-22-17(21(30)27(19)22)25-20(29)18(15(3)28)33-16-11-9-8-10-12-16/h8-12,17-19,22H,6-7,13-14H2,1-5H3,(H,25,29)/t17-,18?,19+,22-/m1/s1. The minimum absolute atomic E-state index is 0.252. The highest BCUT2D eigenvalue weighted by Crippen LogP contribution is 2.51. The molecule has 1 unspecified atom stereocenters. The van der Waals surface area contributed by atoms with Crippen molar-refractivity contribution in [3.05, 3.63) is 30.3 Å². The van der Waals surface area contributed by atoms with Gasteiger partial charge in [-0.25, -0.2) is 4.79 Å². The maximum absolute atomic E-state index is 13.0. The van der Waals surface area contributed by atoms with Crippen LogP contribution in [0.5, 0.6) is 5.75 Å². The van der Waals surface area contributed by atoms with Gasteiger partial charge >= 0.3 is 5.97 Å². The van der Waals surface area contributed by atoms with E-state index in [1.54, 1.807) is 30.3 Å². The SMILES string of the molecule is CCN(CC)CCOC(=O)[C@@H]1N2C(=O)[C@@H](NC(=O)C(Oc3ccccc3)C(C)=O)[C@H]2SC1(C)C. The predicted molar refractivity (Wildman–Crippen MR) is 128 cm³/mol. The molecule has 1 aromatic carbocycles. The summed E-state index contributed by atoms with van der Waals surface area (Å²) in [7, 11) is 0. The average Bonchev–Trinajstić information content (AvgIpc) is 3.06. The van der Waals surface area contributed by atoms with Gasteiger partial charge in [0.2, 0.25) is 12.0 Å². The number of Topliss-reactive ketones (excluding diaryl/α,β-unsaturated/α-hetero) is 1. The van der Waals surface area contributed by atoms with Crippen molar-refractivity contribution in [1.29, 1.82) is 0 Å². The van der Waals surface area contributed by atoms with Crippen LogP contribution in [0.4, 0.5) is 0 Å². The minimum atomic E-state index is -1.37. The van der Waals surface area contributed by atoms with Gasteiger partial charge in [0.1, 0.15) is 29.8 Å². The maximum Gasteiger partial charge on any atom is 0.330 e. The Bertz CT molecular complexity index is 921. The molecule has 1 aromatic rings. The molecule has 0 radical (unpaired) electrons.